The Morgan fingerprint density at radius 2 is 1.11 bits per heavy atom. The third-order valence-corrected chi connectivity index (χ3v) is 13.2. The van der Waals surface area contributed by atoms with E-state index in [0.717, 1.165) is 66.6 Å². The molecule has 13 rings (SSSR count). The van der Waals surface area contributed by atoms with E-state index in [1.807, 2.05) is 108 Å². The van der Waals surface area contributed by atoms with E-state index < -0.39 is 60.4 Å². The van der Waals surface area contributed by atoms with Crippen LogP contribution in [0.25, 0.3) is 106 Å². The zero-order valence-corrected chi connectivity index (χ0v) is 38.7. The summed E-state index contributed by atoms with van der Waals surface area (Å²) in [5.74, 6) is 1.80. The molecule has 0 bridgehead atoms. The maximum atomic E-state index is 9.14. The lowest BCUT2D eigenvalue weighted by Crippen LogP contribution is -2.31. The second kappa shape index (κ2) is 18.1. The Morgan fingerprint density at radius 3 is 1.83 bits per heavy atom. The molecule has 5 nitrogen and oxygen atoms in total. The lowest BCUT2D eigenvalue weighted by atomic mass is 9.88. The third-order valence-electron chi connectivity index (χ3n) is 13.2. The maximum absolute atomic E-state index is 9.14. The first-order valence-electron chi connectivity index (χ1n) is 28.5. The van der Waals surface area contributed by atoms with Crippen molar-refractivity contribution in [1.29, 1.82) is 0 Å². The van der Waals surface area contributed by atoms with Gasteiger partial charge >= 0.3 is 0 Å². The maximum Gasteiger partial charge on any atom is 0.269 e. The molecule has 0 fully saturated rings. The second-order valence-electron chi connectivity index (χ2n) is 17.4. The summed E-state index contributed by atoms with van der Waals surface area (Å²) in [6, 6.07) is 58.2. The highest BCUT2D eigenvalue weighted by atomic mass is 16.5. The van der Waals surface area contributed by atoms with Crippen LogP contribution in [-0.4, -0.2) is 14.1 Å². The summed E-state index contributed by atoms with van der Waals surface area (Å²) in [5, 5.41) is 2.05. The Bertz CT molecular complexity index is 4590. The van der Waals surface area contributed by atoms with Crippen molar-refractivity contribution in [2.75, 3.05) is 0 Å². The molecule has 5 heteroatoms. The van der Waals surface area contributed by atoms with Crippen molar-refractivity contribution in [1.82, 2.24) is 14.1 Å². The summed E-state index contributed by atoms with van der Waals surface area (Å²) in [7, 11) is 0. The van der Waals surface area contributed by atoms with Crippen molar-refractivity contribution in [2.24, 2.45) is 0 Å². The predicted molar refractivity (Wildman–Crippen MR) is 294 cm³/mol. The minimum absolute atomic E-state index is 0.140. The molecule has 0 radical (unpaired) electrons. The van der Waals surface area contributed by atoms with E-state index in [4.69, 9.17) is 23.4 Å². The number of benzene rings is 10. The van der Waals surface area contributed by atoms with Gasteiger partial charge in [-0.15, -0.1) is 0 Å². The molecule has 0 unspecified atom stereocenters. The SMILES string of the molecule is [2H]c1c([2H])c([2H])c(-c2cccc(-c3c([2H])c([2H])c([2H])c([2H])c3[2H])c2-[n+]2[c-]n(-c3cccc(Oc4cc5c(cc4-c4cc(-c6ccccc6)cc(-c6ccccc6)c4C)c4ccccc4n5-c4ccccn4)c3)c3ccccc32)c([2H])c1[2H]. The fraction of sp³-hybridized carbons (Fsp3) is 0.0149. The van der Waals surface area contributed by atoms with Gasteiger partial charge in [-0.2, -0.15) is 0 Å². The van der Waals surface area contributed by atoms with Crippen molar-refractivity contribution in [3.05, 3.63) is 273 Å². The molecule has 0 atom stereocenters. The zero-order chi connectivity index (χ0) is 56.7. The van der Waals surface area contributed by atoms with Crippen LogP contribution < -0.4 is 9.30 Å². The molecule has 0 spiro atoms. The van der Waals surface area contributed by atoms with Crippen LogP contribution in [0.1, 0.15) is 19.3 Å². The molecule has 0 N–H and O–H groups in total. The average Bonchev–Trinajstić information content (AvgIpc) is 3.05. The number of ether oxygens (including phenoxy) is 1. The van der Waals surface area contributed by atoms with Gasteiger partial charge < -0.3 is 4.74 Å². The third kappa shape index (κ3) is 7.52. The van der Waals surface area contributed by atoms with Gasteiger partial charge in [-0.25, -0.2) is 4.98 Å². The highest BCUT2D eigenvalue weighted by molar-refractivity contribution is 6.11. The number of nitrogens with zero attached hydrogens (tertiary/aromatic N) is 4. The largest absolute Gasteiger partial charge is 0.457 e. The number of fused-ring (bicyclic) bond motifs is 4. The number of hydrogen-bond acceptors (Lipinski definition) is 2. The van der Waals surface area contributed by atoms with E-state index >= 15 is 0 Å². The Balaban J connectivity index is 1.04. The monoisotopic (exact) mass is 932 g/mol. The van der Waals surface area contributed by atoms with E-state index in [1.165, 1.54) is 0 Å². The predicted octanol–water partition coefficient (Wildman–Crippen LogP) is 16.6. The van der Waals surface area contributed by atoms with Gasteiger partial charge in [0.1, 0.15) is 17.3 Å². The van der Waals surface area contributed by atoms with Crippen LogP contribution >= 0.6 is 0 Å². The van der Waals surface area contributed by atoms with Crippen LogP contribution in [-0.2, 0) is 0 Å². The minimum atomic E-state index is -0.574. The highest BCUT2D eigenvalue weighted by Gasteiger charge is 2.23. The van der Waals surface area contributed by atoms with E-state index in [1.54, 1.807) is 29.0 Å². The van der Waals surface area contributed by atoms with Crippen LogP contribution in [0.4, 0.5) is 0 Å². The molecule has 0 saturated heterocycles. The fourth-order valence-corrected chi connectivity index (χ4v) is 9.92. The quantitative estimate of drug-likeness (QED) is 0.101. The summed E-state index contributed by atoms with van der Waals surface area (Å²) in [5.41, 5.74) is 11.0. The summed E-state index contributed by atoms with van der Waals surface area (Å²) in [6.45, 7) is 2.15. The summed E-state index contributed by atoms with van der Waals surface area (Å²) in [4.78, 5) is 4.83. The van der Waals surface area contributed by atoms with Gasteiger partial charge in [-0.3, -0.25) is 13.7 Å². The topological polar surface area (TPSA) is 35.9 Å². The van der Waals surface area contributed by atoms with Crippen LogP contribution in [0, 0.1) is 13.3 Å². The van der Waals surface area contributed by atoms with Gasteiger partial charge in [-0.1, -0.05) is 194 Å². The van der Waals surface area contributed by atoms with Crippen molar-refractivity contribution >= 4 is 32.8 Å². The summed E-state index contributed by atoms with van der Waals surface area (Å²) >= 11 is 0. The average molecular weight is 933 g/mol. The molecule has 10 aromatic carbocycles. The number of aromatic nitrogens is 4. The lowest BCUT2D eigenvalue weighted by molar-refractivity contribution is -0.571. The van der Waals surface area contributed by atoms with Crippen molar-refractivity contribution in [2.45, 2.75) is 6.92 Å². The normalized spacial score (nSPS) is 13.3. The molecule has 72 heavy (non-hydrogen) atoms. The molecule has 0 amide bonds. The van der Waals surface area contributed by atoms with Gasteiger partial charge in [0.25, 0.3) is 6.33 Å². The van der Waals surface area contributed by atoms with Gasteiger partial charge in [0.15, 0.2) is 0 Å². The smallest absolute Gasteiger partial charge is 0.269 e. The number of imidazole rings is 1. The fourth-order valence-electron chi connectivity index (χ4n) is 9.92. The molecule has 0 aliphatic rings. The Hall–Kier alpha value is -9.58. The molecule has 340 valence electrons. The molecule has 0 saturated carbocycles. The number of rotatable bonds is 10. The first-order chi connectivity index (χ1) is 39.8. The van der Waals surface area contributed by atoms with Gasteiger partial charge in [0, 0.05) is 28.6 Å². The highest BCUT2D eigenvalue weighted by Crippen LogP contribution is 2.46. The first kappa shape index (κ1) is 33.0. The number of para-hydroxylation sites is 4. The molecule has 3 heterocycles. The van der Waals surface area contributed by atoms with Crippen LogP contribution in [0.3, 0.4) is 0 Å². The van der Waals surface area contributed by atoms with Gasteiger partial charge in [0.05, 0.1) is 47.1 Å². The van der Waals surface area contributed by atoms with Crippen LogP contribution in [0.2, 0.25) is 0 Å². The van der Waals surface area contributed by atoms with E-state index in [-0.39, 0.29) is 27.9 Å². The van der Waals surface area contributed by atoms with Gasteiger partial charge in [-0.05, 0) is 117 Å². The van der Waals surface area contributed by atoms with E-state index in [0.29, 0.717) is 28.2 Å². The lowest BCUT2D eigenvalue weighted by Gasteiger charge is -2.19. The first-order valence-corrected chi connectivity index (χ1v) is 23.5. The molecule has 0 aliphatic carbocycles. The second-order valence-corrected chi connectivity index (χ2v) is 17.4. The summed E-state index contributed by atoms with van der Waals surface area (Å²) in [6.07, 6.45) is 5.29. The van der Waals surface area contributed by atoms with Gasteiger partial charge in [0.2, 0.25) is 0 Å². The zero-order valence-electron chi connectivity index (χ0n) is 48.7. The molecule has 13 aromatic rings. The van der Waals surface area contributed by atoms with E-state index in [2.05, 4.69) is 90.6 Å². The number of hydrogen-bond donors (Lipinski definition) is 0. The standard InChI is InChI=1S/C67H46N4O/c1-46-57(50-28-12-5-13-29-50)40-51(47-22-6-2-7-23-47)41-58(46)60-43-59-56-32-14-15-35-61(56)71(66-38-18-19-39-68-66)64(59)44-65(60)72-53-31-20-30-52(42-53)69-45-70(63-37-17-16-36-62(63)69)67-54(48-24-8-3-9-25-48)33-21-34-55(67)49-26-10-4-11-27-49/h2-44H,1H3/i3D,4D,8D,9D,10D,11D,24D,25D,26D,27D. The van der Waals surface area contributed by atoms with Crippen LogP contribution in [0.5, 0.6) is 11.5 Å². The van der Waals surface area contributed by atoms with Crippen molar-refractivity contribution < 1.29 is 23.0 Å². The Labute approximate surface area is 432 Å². The molecular formula is C67H46N4O. The van der Waals surface area contributed by atoms with E-state index in [9.17, 15) is 0 Å². The van der Waals surface area contributed by atoms with Crippen LogP contribution in [0.15, 0.2) is 261 Å². The minimum Gasteiger partial charge on any atom is -0.457 e. The van der Waals surface area contributed by atoms with Crippen molar-refractivity contribution in [3.8, 4) is 84.3 Å². The molecule has 0 aliphatic heterocycles. The van der Waals surface area contributed by atoms with Crippen molar-refractivity contribution in [3.63, 3.8) is 0 Å². The summed E-state index contributed by atoms with van der Waals surface area (Å²) < 4.78 is 101. The molecule has 3 aromatic heterocycles. The molecular weight excluding hydrogens is 877 g/mol. The Kier molecular flexibility index (Phi) is 8.29. The Morgan fingerprint density at radius 1 is 0.472 bits per heavy atom. The number of pyridine rings is 1.